The van der Waals surface area contributed by atoms with E-state index in [1.54, 1.807) is 0 Å². The molecular formula is C17H32N2O2. The number of aliphatic hydroxyl groups is 1. The largest absolute Gasteiger partial charge is 0.394 e. The van der Waals surface area contributed by atoms with Crippen LogP contribution in [0.1, 0.15) is 59.3 Å². The summed E-state index contributed by atoms with van der Waals surface area (Å²) in [5.74, 6) is 1.06. The van der Waals surface area contributed by atoms with E-state index in [4.69, 9.17) is 0 Å². The van der Waals surface area contributed by atoms with Crippen molar-refractivity contribution in [3.8, 4) is 0 Å². The van der Waals surface area contributed by atoms with E-state index in [2.05, 4.69) is 31.4 Å². The number of carbonyl (C=O) groups excluding carboxylic acids is 1. The third-order valence-electron chi connectivity index (χ3n) is 5.68. The topological polar surface area (TPSA) is 61.4 Å². The normalized spacial score (nSPS) is 34.5. The lowest BCUT2D eigenvalue weighted by Crippen LogP contribution is -2.58. The van der Waals surface area contributed by atoms with Gasteiger partial charge in [0, 0.05) is 5.41 Å². The molecule has 0 aromatic rings. The first kappa shape index (κ1) is 16.8. The van der Waals surface area contributed by atoms with Gasteiger partial charge in [0.05, 0.1) is 12.1 Å². The van der Waals surface area contributed by atoms with Crippen LogP contribution in [0.5, 0.6) is 0 Å². The molecule has 1 amide bonds. The van der Waals surface area contributed by atoms with Gasteiger partial charge in [-0.3, -0.25) is 4.79 Å². The van der Waals surface area contributed by atoms with Crippen molar-refractivity contribution in [3.05, 3.63) is 0 Å². The van der Waals surface area contributed by atoms with Crippen LogP contribution in [-0.4, -0.2) is 36.2 Å². The molecular weight excluding hydrogens is 264 g/mol. The number of hydrogen-bond donors (Lipinski definition) is 3. The van der Waals surface area contributed by atoms with Gasteiger partial charge in [-0.25, -0.2) is 0 Å². The summed E-state index contributed by atoms with van der Waals surface area (Å²) in [7, 11) is 0. The summed E-state index contributed by atoms with van der Waals surface area (Å²) in [6, 6.07) is 0. The zero-order valence-electron chi connectivity index (χ0n) is 13.9. The number of amides is 1. The number of nitrogens with one attached hydrogen (secondary N) is 2. The Bertz CT molecular complexity index is 364. The van der Waals surface area contributed by atoms with Crippen LogP contribution in [0.25, 0.3) is 0 Å². The number of rotatable bonds is 4. The fourth-order valence-corrected chi connectivity index (χ4v) is 4.01. The van der Waals surface area contributed by atoms with Crippen LogP contribution in [0.2, 0.25) is 0 Å². The summed E-state index contributed by atoms with van der Waals surface area (Å²) >= 11 is 0. The van der Waals surface area contributed by atoms with Crippen molar-refractivity contribution >= 4 is 5.91 Å². The van der Waals surface area contributed by atoms with Crippen molar-refractivity contribution in [1.29, 1.82) is 0 Å². The molecule has 0 aromatic heterocycles. The van der Waals surface area contributed by atoms with Gasteiger partial charge in [0.2, 0.25) is 5.91 Å². The van der Waals surface area contributed by atoms with Gasteiger partial charge in [0.25, 0.3) is 0 Å². The minimum atomic E-state index is -0.395. The lowest BCUT2D eigenvalue weighted by atomic mass is 9.72. The van der Waals surface area contributed by atoms with E-state index >= 15 is 0 Å². The second kappa shape index (κ2) is 6.66. The Morgan fingerprint density at radius 2 is 2.14 bits per heavy atom. The summed E-state index contributed by atoms with van der Waals surface area (Å²) in [6.45, 7) is 8.36. The monoisotopic (exact) mass is 296 g/mol. The molecule has 3 unspecified atom stereocenters. The van der Waals surface area contributed by atoms with E-state index in [1.165, 1.54) is 6.42 Å². The molecule has 0 aromatic carbocycles. The predicted molar refractivity (Wildman–Crippen MR) is 85.0 cm³/mol. The number of aliphatic hydroxyl groups excluding tert-OH is 1. The standard InChI is InChI=1S/C17H32N2O2/c1-13-6-4-8-17(10-13,12-20)19-15(21)16(2,3)14-7-5-9-18-11-14/h13-14,18,20H,4-12H2,1-3H3,(H,19,21). The van der Waals surface area contributed by atoms with E-state index in [0.717, 1.165) is 45.2 Å². The molecule has 122 valence electrons. The molecule has 4 nitrogen and oxygen atoms in total. The molecule has 2 aliphatic rings. The third kappa shape index (κ3) is 3.78. The Hall–Kier alpha value is -0.610. The fraction of sp³-hybridized carbons (Fsp3) is 0.941. The van der Waals surface area contributed by atoms with Crippen molar-refractivity contribution in [3.63, 3.8) is 0 Å². The van der Waals surface area contributed by atoms with Crippen molar-refractivity contribution in [2.45, 2.75) is 64.8 Å². The van der Waals surface area contributed by atoms with Gasteiger partial charge in [-0.1, -0.05) is 33.6 Å². The Balaban J connectivity index is 2.04. The van der Waals surface area contributed by atoms with E-state index < -0.39 is 5.54 Å². The second-order valence-electron chi connectivity index (χ2n) is 7.86. The molecule has 1 aliphatic heterocycles. The maximum atomic E-state index is 12.9. The average Bonchev–Trinajstić information content (AvgIpc) is 2.48. The highest BCUT2D eigenvalue weighted by atomic mass is 16.3. The Kier molecular flexibility index (Phi) is 5.31. The van der Waals surface area contributed by atoms with Crippen LogP contribution < -0.4 is 10.6 Å². The van der Waals surface area contributed by atoms with Crippen LogP contribution in [-0.2, 0) is 4.79 Å². The van der Waals surface area contributed by atoms with Gasteiger partial charge in [-0.05, 0) is 50.6 Å². The Labute approximate surface area is 129 Å². The molecule has 1 saturated heterocycles. The molecule has 3 N–H and O–H groups in total. The summed E-state index contributed by atoms with van der Waals surface area (Å²) in [5.41, 5.74) is -0.773. The number of piperidine rings is 1. The molecule has 1 aliphatic carbocycles. The van der Waals surface area contributed by atoms with Crippen LogP contribution in [0.3, 0.4) is 0 Å². The second-order valence-corrected chi connectivity index (χ2v) is 7.86. The third-order valence-corrected chi connectivity index (χ3v) is 5.68. The lowest BCUT2D eigenvalue weighted by Gasteiger charge is -2.43. The average molecular weight is 296 g/mol. The number of hydrogen-bond acceptors (Lipinski definition) is 3. The van der Waals surface area contributed by atoms with Gasteiger partial charge in [-0.15, -0.1) is 0 Å². The zero-order valence-corrected chi connectivity index (χ0v) is 13.9. The molecule has 4 heteroatoms. The van der Waals surface area contributed by atoms with Gasteiger partial charge in [0.1, 0.15) is 0 Å². The minimum Gasteiger partial charge on any atom is -0.394 e. The molecule has 2 rings (SSSR count). The first-order valence-electron chi connectivity index (χ1n) is 8.54. The van der Waals surface area contributed by atoms with E-state index in [9.17, 15) is 9.90 Å². The van der Waals surface area contributed by atoms with Crippen LogP contribution in [0.4, 0.5) is 0 Å². The van der Waals surface area contributed by atoms with E-state index in [0.29, 0.717) is 11.8 Å². The molecule has 3 atom stereocenters. The van der Waals surface area contributed by atoms with E-state index in [1.807, 2.05) is 0 Å². The van der Waals surface area contributed by atoms with Gasteiger partial charge < -0.3 is 15.7 Å². The summed E-state index contributed by atoms with van der Waals surface area (Å²) in [4.78, 5) is 12.9. The van der Waals surface area contributed by atoms with Crippen molar-refractivity contribution < 1.29 is 9.90 Å². The SMILES string of the molecule is CC1CCCC(CO)(NC(=O)C(C)(C)C2CCCNC2)C1. The Morgan fingerprint density at radius 3 is 2.71 bits per heavy atom. The van der Waals surface area contributed by atoms with Gasteiger partial charge in [0.15, 0.2) is 0 Å². The number of carbonyl (C=O) groups is 1. The molecule has 1 heterocycles. The van der Waals surface area contributed by atoms with E-state index in [-0.39, 0.29) is 17.9 Å². The van der Waals surface area contributed by atoms with Crippen molar-refractivity contribution in [1.82, 2.24) is 10.6 Å². The van der Waals surface area contributed by atoms with Crippen molar-refractivity contribution in [2.75, 3.05) is 19.7 Å². The quantitative estimate of drug-likeness (QED) is 0.744. The predicted octanol–water partition coefficient (Wildman–Crippen LogP) is 2.07. The van der Waals surface area contributed by atoms with Gasteiger partial charge in [-0.2, -0.15) is 0 Å². The Morgan fingerprint density at radius 1 is 1.38 bits per heavy atom. The lowest BCUT2D eigenvalue weighted by molar-refractivity contribution is -0.136. The summed E-state index contributed by atoms with van der Waals surface area (Å²) in [6.07, 6.45) is 6.34. The first-order chi connectivity index (χ1) is 9.89. The van der Waals surface area contributed by atoms with Crippen LogP contribution in [0.15, 0.2) is 0 Å². The first-order valence-corrected chi connectivity index (χ1v) is 8.54. The van der Waals surface area contributed by atoms with Crippen LogP contribution in [0, 0.1) is 17.3 Å². The van der Waals surface area contributed by atoms with Crippen LogP contribution >= 0.6 is 0 Å². The molecule has 21 heavy (non-hydrogen) atoms. The van der Waals surface area contributed by atoms with Gasteiger partial charge >= 0.3 is 0 Å². The van der Waals surface area contributed by atoms with Crippen molar-refractivity contribution in [2.24, 2.45) is 17.3 Å². The highest BCUT2D eigenvalue weighted by Gasteiger charge is 2.42. The maximum absolute atomic E-state index is 12.9. The fourth-order valence-electron chi connectivity index (χ4n) is 4.01. The molecule has 0 spiro atoms. The molecule has 0 radical (unpaired) electrons. The highest BCUT2D eigenvalue weighted by Crippen LogP contribution is 2.36. The highest BCUT2D eigenvalue weighted by molar-refractivity contribution is 5.83. The summed E-state index contributed by atoms with van der Waals surface area (Å²) < 4.78 is 0. The minimum absolute atomic E-state index is 0.0576. The smallest absolute Gasteiger partial charge is 0.226 e. The molecule has 0 bridgehead atoms. The molecule has 2 fully saturated rings. The zero-order chi connectivity index (χ0) is 15.5. The maximum Gasteiger partial charge on any atom is 0.226 e. The summed E-state index contributed by atoms with van der Waals surface area (Å²) in [5, 5.41) is 16.5. The molecule has 1 saturated carbocycles.